The molecule has 0 aliphatic heterocycles. The quantitative estimate of drug-likeness (QED) is 0.622. The predicted molar refractivity (Wildman–Crippen MR) is 89.7 cm³/mol. The van der Waals surface area contributed by atoms with Crippen LogP contribution in [0.4, 0.5) is 4.39 Å². The Morgan fingerprint density at radius 2 is 2.09 bits per heavy atom. The summed E-state index contributed by atoms with van der Waals surface area (Å²) in [5.74, 6) is 2.25. The Bertz CT molecular complexity index is 674. The van der Waals surface area contributed by atoms with Crippen LogP contribution in [0.3, 0.4) is 0 Å². The second kappa shape index (κ2) is 8.52. The van der Waals surface area contributed by atoms with Gasteiger partial charge < -0.3 is 15.2 Å². The van der Waals surface area contributed by atoms with E-state index in [1.165, 1.54) is 6.07 Å². The standard InChI is InChI=1S/C15H20FN5OS/c1-10-20-14(22-21-10)8-19-15(17-2)18-7-11-4-5-13(16)6-12(11)9-23-3/h4-6H,7-9H2,1-3H3,(H2,17,18,19). The third-order valence-electron chi connectivity index (χ3n) is 3.11. The maximum atomic E-state index is 13.4. The van der Waals surface area contributed by atoms with Gasteiger partial charge in [0.1, 0.15) is 5.82 Å². The second-order valence-corrected chi connectivity index (χ2v) is 5.73. The van der Waals surface area contributed by atoms with E-state index in [9.17, 15) is 4.39 Å². The third-order valence-corrected chi connectivity index (χ3v) is 3.71. The van der Waals surface area contributed by atoms with Crippen molar-refractivity contribution in [2.45, 2.75) is 25.8 Å². The monoisotopic (exact) mass is 337 g/mol. The molecule has 8 heteroatoms. The maximum Gasteiger partial charge on any atom is 0.246 e. The number of aryl methyl sites for hydroxylation is 1. The summed E-state index contributed by atoms with van der Waals surface area (Å²) in [7, 11) is 1.68. The topological polar surface area (TPSA) is 75.3 Å². The number of halogens is 1. The lowest BCUT2D eigenvalue weighted by Gasteiger charge is -2.13. The molecule has 2 rings (SSSR count). The van der Waals surface area contributed by atoms with E-state index in [0.717, 1.165) is 16.9 Å². The maximum absolute atomic E-state index is 13.4. The average Bonchev–Trinajstić information content (AvgIpc) is 2.95. The second-order valence-electron chi connectivity index (χ2n) is 4.86. The molecular weight excluding hydrogens is 317 g/mol. The van der Waals surface area contributed by atoms with Crippen LogP contribution in [0.5, 0.6) is 0 Å². The van der Waals surface area contributed by atoms with Crippen LogP contribution < -0.4 is 10.6 Å². The van der Waals surface area contributed by atoms with Crippen LogP contribution in [0, 0.1) is 12.7 Å². The molecule has 1 aromatic heterocycles. The number of guanidine groups is 1. The van der Waals surface area contributed by atoms with Crippen molar-refractivity contribution in [2.24, 2.45) is 4.99 Å². The predicted octanol–water partition coefficient (Wildman–Crippen LogP) is 2.25. The highest BCUT2D eigenvalue weighted by Gasteiger charge is 2.07. The first-order valence-electron chi connectivity index (χ1n) is 7.12. The fourth-order valence-corrected chi connectivity index (χ4v) is 2.61. The zero-order chi connectivity index (χ0) is 16.7. The Balaban J connectivity index is 1.92. The lowest BCUT2D eigenvalue weighted by atomic mass is 10.1. The fourth-order valence-electron chi connectivity index (χ4n) is 2.03. The highest BCUT2D eigenvalue weighted by molar-refractivity contribution is 7.97. The van der Waals surface area contributed by atoms with Gasteiger partial charge in [0.15, 0.2) is 11.8 Å². The van der Waals surface area contributed by atoms with Crippen LogP contribution in [0.25, 0.3) is 0 Å². The van der Waals surface area contributed by atoms with E-state index in [4.69, 9.17) is 4.52 Å². The molecule has 0 spiro atoms. The highest BCUT2D eigenvalue weighted by Crippen LogP contribution is 2.16. The molecule has 1 aromatic carbocycles. The molecule has 0 fully saturated rings. The van der Waals surface area contributed by atoms with E-state index in [2.05, 4.69) is 25.8 Å². The van der Waals surface area contributed by atoms with Gasteiger partial charge in [-0.2, -0.15) is 16.7 Å². The Morgan fingerprint density at radius 3 is 2.74 bits per heavy atom. The number of aromatic nitrogens is 2. The minimum Gasteiger partial charge on any atom is -0.352 e. The van der Waals surface area contributed by atoms with Crippen molar-refractivity contribution in [3.63, 3.8) is 0 Å². The first kappa shape index (κ1) is 17.3. The number of thioether (sulfide) groups is 1. The van der Waals surface area contributed by atoms with Crippen molar-refractivity contribution in [3.05, 3.63) is 46.9 Å². The van der Waals surface area contributed by atoms with Crippen molar-refractivity contribution >= 4 is 17.7 Å². The summed E-state index contributed by atoms with van der Waals surface area (Å²) in [6, 6.07) is 4.84. The van der Waals surface area contributed by atoms with Gasteiger partial charge in [-0.1, -0.05) is 11.2 Å². The lowest BCUT2D eigenvalue weighted by Crippen LogP contribution is -2.36. The van der Waals surface area contributed by atoms with Crippen LogP contribution in [0.2, 0.25) is 0 Å². The third kappa shape index (κ3) is 5.24. The van der Waals surface area contributed by atoms with E-state index in [0.29, 0.717) is 30.8 Å². The van der Waals surface area contributed by atoms with Gasteiger partial charge in [0, 0.05) is 19.3 Å². The molecule has 0 saturated carbocycles. The molecular formula is C15H20FN5OS. The van der Waals surface area contributed by atoms with E-state index in [1.54, 1.807) is 37.9 Å². The molecule has 2 aromatic rings. The van der Waals surface area contributed by atoms with Crippen molar-refractivity contribution in [1.82, 2.24) is 20.8 Å². The first-order chi connectivity index (χ1) is 11.1. The molecule has 124 valence electrons. The molecule has 0 saturated heterocycles. The summed E-state index contributed by atoms with van der Waals surface area (Å²) in [4.78, 5) is 8.26. The van der Waals surface area contributed by atoms with E-state index in [-0.39, 0.29) is 5.82 Å². The summed E-state index contributed by atoms with van der Waals surface area (Å²) in [6.07, 6.45) is 2.00. The van der Waals surface area contributed by atoms with E-state index in [1.807, 2.05) is 6.26 Å². The molecule has 0 unspecified atom stereocenters. The van der Waals surface area contributed by atoms with Gasteiger partial charge in [-0.25, -0.2) is 4.39 Å². The summed E-state index contributed by atoms with van der Waals surface area (Å²) in [6.45, 7) is 2.71. The molecule has 0 amide bonds. The van der Waals surface area contributed by atoms with Crippen LogP contribution >= 0.6 is 11.8 Å². The SMILES string of the molecule is CN=C(NCc1nc(C)no1)NCc1ccc(F)cc1CSC. The van der Waals surface area contributed by atoms with Crippen molar-refractivity contribution in [2.75, 3.05) is 13.3 Å². The van der Waals surface area contributed by atoms with Gasteiger partial charge >= 0.3 is 0 Å². The molecule has 0 aliphatic carbocycles. The molecule has 0 aliphatic rings. The van der Waals surface area contributed by atoms with Gasteiger partial charge in [-0.3, -0.25) is 4.99 Å². The van der Waals surface area contributed by atoms with Crippen LogP contribution in [-0.4, -0.2) is 29.4 Å². The van der Waals surface area contributed by atoms with Crippen molar-refractivity contribution in [3.8, 4) is 0 Å². The van der Waals surface area contributed by atoms with Crippen LogP contribution in [0.15, 0.2) is 27.7 Å². The number of rotatable bonds is 6. The number of nitrogens with one attached hydrogen (secondary N) is 2. The van der Waals surface area contributed by atoms with E-state index < -0.39 is 0 Å². The van der Waals surface area contributed by atoms with Crippen LogP contribution in [0.1, 0.15) is 22.8 Å². The smallest absolute Gasteiger partial charge is 0.246 e. The largest absolute Gasteiger partial charge is 0.352 e. The molecule has 0 atom stereocenters. The van der Waals surface area contributed by atoms with Gasteiger partial charge in [-0.05, 0) is 36.4 Å². The summed E-state index contributed by atoms with van der Waals surface area (Å²) in [5.41, 5.74) is 2.02. The Labute approximate surface area is 139 Å². The molecule has 1 heterocycles. The molecule has 6 nitrogen and oxygen atoms in total. The first-order valence-corrected chi connectivity index (χ1v) is 8.51. The van der Waals surface area contributed by atoms with Gasteiger partial charge in [0.05, 0.1) is 6.54 Å². The number of aliphatic imine (C=N–C) groups is 1. The zero-order valence-electron chi connectivity index (χ0n) is 13.4. The van der Waals surface area contributed by atoms with Gasteiger partial charge in [-0.15, -0.1) is 0 Å². The Kier molecular flexibility index (Phi) is 6.40. The fraction of sp³-hybridized carbons (Fsp3) is 0.400. The molecule has 0 bridgehead atoms. The summed E-state index contributed by atoms with van der Waals surface area (Å²) < 4.78 is 18.4. The highest BCUT2D eigenvalue weighted by atomic mass is 32.2. The number of hydrogen-bond donors (Lipinski definition) is 2. The zero-order valence-corrected chi connectivity index (χ0v) is 14.2. The average molecular weight is 337 g/mol. The molecule has 23 heavy (non-hydrogen) atoms. The number of nitrogens with zero attached hydrogens (tertiary/aromatic N) is 3. The van der Waals surface area contributed by atoms with Gasteiger partial charge in [0.25, 0.3) is 0 Å². The van der Waals surface area contributed by atoms with Crippen molar-refractivity contribution in [1.29, 1.82) is 0 Å². The van der Waals surface area contributed by atoms with E-state index >= 15 is 0 Å². The van der Waals surface area contributed by atoms with Crippen LogP contribution in [-0.2, 0) is 18.8 Å². The lowest BCUT2D eigenvalue weighted by molar-refractivity contribution is 0.371. The summed E-state index contributed by atoms with van der Waals surface area (Å²) >= 11 is 1.66. The number of benzene rings is 1. The van der Waals surface area contributed by atoms with Crippen molar-refractivity contribution < 1.29 is 8.91 Å². The molecule has 2 N–H and O–H groups in total. The number of hydrogen-bond acceptors (Lipinski definition) is 5. The Hall–Kier alpha value is -2.09. The minimum atomic E-state index is -0.216. The minimum absolute atomic E-state index is 0.216. The molecule has 0 radical (unpaired) electrons. The Morgan fingerprint density at radius 1 is 1.30 bits per heavy atom. The summed E-state index contributed by atoms with van der Waals surface area (Å²) in [5, 5.41) is 10.0. The van der Waals surface area contributed by atoms with Gasteiger partial charge in [0.2, 0.25) is 5.89 Å². The normalized spacial score (nSPS) is 11.6.